The van der Waals surface area contributed by atoms with Crippen LogP contribution in [0.5, 0.6) is 0 Å². The molecule has 0 aliphatic rings. The lowest BCUT2D eigenvalue weighted by Gasteiger charge is -2.31. The summed E-state index contributed by atoms with van der Waals surface area (Å²) < 4.78 is 7.26. The van der Waals surface area contributed by atoms with E-state index in [1.54, 1.807) is 22.8 Å². The van der Waals surface area contributed by atoms with E-state index in [-0.39, 0.29) is 11.8 Å². The highest BCUT2D eigenvalue weighted by atomic mass is 16.3. The van der Waals surface area contributed by atoms with Crippen LogP contribution in [0.2, 0.25) is 0 Å². The molecule has 3 rings (SSSR count). The van der Waals surface area contributed by atoms with Gasteiger partial charge in [-0.15, -0.1) is 0 Å². The van der Waals surface area contributed by atoms with Crippen LogP contribution >= 0.6 is 0 Å². The Morgan fingerprint density at radius 3 is 2.18 bits per heavy atom. The lowest BCUT2D eigenvalue weighted by molar-refractivity contribution is -0.148. The molecule has 0 saturated carbocycles. The van der Waals surface area contributed by atoms with Gasteiger partial charge in [-0.3, -0.25) is 14.3 Å². The number of furan rings is 1. The Balaban J connectivity index is 1.86. The lowest BCUT2D eigenvalue weighted by atomic mass is 10.0. The first kappa shape index (κ1) is 25.5. The number of hydrogen-bond donors (Lipinski definition) is 0. The van der Waals surface area contributed by atoms with Gasteiger partial charge in [-0.1, -0.05) is 33.8 Å². The van der Waals surface area contributed by atoms with Gasteiger partial charge in [0.05, 0.1) is 18.5 Å². The first-order chi connectivity index (χ1) is 16.0. The summed E-state index contributed by atoms with van der Waals surface area (Å²) >= 11 is 0. The molecule has 34 heavy (non-hydrogen) atoms. The number of rotatable bonds is 10. The molecule has 0 aliphatic carbocycles. The minimum absolute atomic E-state index is 0.111. The topological polar surface area (TPSA) is 71.6 Å². The maximum Gasteiger partial charge on any atom is 0.235 e. The Morgan fingerprint density at radius 2 is 1.59 bits per heavy atom. The summed E-state index contributed by atoms with van der Waals surface area (Å²) in [7, 11) is 1.89. The van der Waals surface area contributed by atoms with Gasteiger partial charge >= 0.3 is 0 Å². The molecule has 1 aromatic carbocycles. The fourth-order valence-corrected chi connectivity index (χ4v) is 4.24. The van der Waals surface area contributed by atoms with Crippen molar-refractivity contribution in [2.75, 3.05) is 13.1 Å². The molecule has 2 heterocycles. The summed E-state index contributed by atoms with van der Waals surface area (Å²) in [5.74, 6) is -0.392. The fourth-order valence-electron chi connectivity index (χ4n) is 4.24. The number of hydrogen-bond acceptors (Lipinski definition) is 4. The van der Waals surface area contributed by atoms with E-state index in [2.05, 4.69) is 32.8 Å². The van der Waals surface area contributed by atoms with E-state index in [0.717, 1.165) is 27.9 Å². The van der Waals surface area contributed by atoms with Gasteiger partial charge in [-0.2, -0.15) is 5.10 Å². The van der Waals surface area contributed by atoms with Crippen LogP contribution in [0.25, 0.3) is 11.0 Å². The second-order valence-electron chi connectivity index (χ2n) is 10.1. The Kier molecular flexibility index (Phi) is 8.18. The highest BCUT2D eigenvalue weighted by molar-refractivity contribution is 6.00. The molecule has 1 unspecified atom stereocenters. The van der Waals surface area contributed by atoms with Crippen molar-refractivity contribution in [2.45, 2.75) is 54.6 Å². The Hall–Kier alpha value is -3.09. The molecule has 3 aromatic rings. The normalized spacial score (nSPS) is 12.5. The van der Waals surface area contributed by atoms with E-state index in [0.29, 0.717) is 38.0 Å². The highest BCUT2D eigenvalue weighted by Gasteiger charge is 2.31. The molecule has 1 atom stereocenters. The van der Waals surface area contributed by atoms with Crippen molar-refractivity contribution in [1.29, 1.82) is 0 Å². The molecule has 0 fully saturated rings. The predicted octanol–water partition coefficient (Wildman–Crippen LogP) is 4.78. The van der Waals surface area contributed by atoms with E-state index >= 15 is 0 Å². The predicted molar refractivity (Wildman–Crippen MR) is 134 cm³/mol. The highest BCUT2D eigenvalue weighted by Crippen LogP contribution is 2.21. The van der Waals surface area contributed by atoms with E-state index in [4.69, 9.17) is 4.42 Å². The number of carbonyl (C=O) groups is 2. The SMILES string of the molecule is Cc1cc(CN(Cc2ccc3occc3c2)C(=O)C(C)C(=O)N(CC(C)C)CC(C)C)nn1C. The third-order valence-electron chi connectivity index (χ3n) is 5.94. The van der Waals surface area contributed by atoms with E-state index in [1.165, 1.54) is 0 Å². The zero-order valence-corrected chi connectivity index (χ0v) is 21.5. The van der Waals surface area contributed by atoms with Crippen LogP contribution in [-0.2, 0) is 29.7 Å². The molecule has 184 valence electrons. The Morgan fingerprint density at radius 1 is 0.941 bits per heavy atom. The molecular weight excluding hydrogens is 428 g/mol. The van der Waals surface area contributed by atoms with Gasteiger partial charge in [0.2, 0.25) is 11.8 Å². The van der Waals surface area contributed by atoms with Crippen LogP contribution in [-0.4, -0.2) is 44.5 Å². The second kappa shape index (κ2) is 10.9. The van der Waals surface area contributed by atoms with Crippen molar-refractivity contribution in [3.8, 4) is 0 Å². The maximum absolute atomic E-state index is 13.7. The van der Waals surface area contributed by atoms with Crippen molar-refractivity contribution in [3.05, 3.63) is 53.5 Å². The zero-order chi connectivity index (χ0) is 25.0. The summed E-state index contributed by atoms with van der Waals surface area (Å²) in [6.45, 7) is 14.1. The van der Waals surface area contributed by atoms with Crippen LogP contribution in [0.3, 0.4) is 0 Å². The van der Waals surface area contributed by atoms with Crippen LogP contribution in [0, 0.1) is 24.7 Å². The van der Waals surface area contributed by atoms with Crippen molar-refractivity contribution < 1.29 is 14.0 Å². The molecule has 0 spiro atoms. The molecule has 7 heteroatoms. The van der Waals surface area contributed by atoms with Crippen molar-refractivity contribution in [3.63, 3.8) is 0 Å². The lowest BCUT2D eigenvalue weighted by Crippen LogP contribution is -2.46. The number of fused-ring (bicyclic) bond motifs is 1. The molecule has 0 aliphatic heterocycles. The number of aryl methyl sites for hydroxylation is 2. The molecule has 0 N–H and O–H groups in total. The quantitative estimate of drug-likeness (QED) is 0.403. The average molecular weight is 467 g/mol. The van der Waals surface area contributed by atoms with Crippen LogP contribution in [0.1, 0.15) is 51.6 Å². The number of benzene rings is 1. The van der Waals surface area contributed by atoms with Gasteiger partial charge in [0, 0.05) is 37.8 Å². The van der Waals surface area contributed by atoms with Crippen molar-refractivity contribution in [2.24, 2.45) is 24.8 Å². The Labute approximate surface area is 202 Å². The fraction of sp³-hybridized carbons (Fsp3) is 0.519. The van der Waals surface area contributed by atoms with Gasteiger partial charge < -0.3 is 14.2 Å². The van der Waals surface area contributed by atoms with Crippen molar-refractivity contribution in [1.82, 2.24) is 19.6 Å². The standard InChI is InChI=1S/C27H38N4O3/c1-18(2)14-30(15-19(3)4)26(32)21(6)27(33)31(17-24-12-20(5)29(7)28-24)16-22-8-9-25-23(13-22)10-11-34-25/h8-13,18-19,21H,14-17H2,1-7H3. The van der Waals surface area contributed by atoms with Crippen LogP contribution in [0.4, 0.5) is 0 Å². The average Bonchev–Trinajstić information content (AvgIpc) is 3.35. The van der Waals surface area contributed by atoms with Gasteiger partial charge in [0.25, 0.3) is 0 Å². The molecule has 0 saturated heterocycles. The van der Waals surface area contributed by atoms with Gasteiger partial charge in [0.15, 0.2) is 0 Å². The van der Waals surface area contributed by atoms with Crippen LogP contribution in [0.15, 0.2) is 41.0 Å². The number of carbonyl (C=O) groups excluding carboxylic acids is 2. The number of nitrogens with zero attached hydrogens (tertiary/aromatic N) is 4. The molecule has 0 radical (unpaired) electrons. The van der Waals surface area contributed by atoms with E-state index < -0.39 is 5.92 Å². The molecule has 7 nitrogen and oxygen atoms in total. The minimum Gasteiger partial charge on any atom is -0.464 e. The third-order valence-corrected chi connectivity index (χ3v) is 5.94. The zero-order valence-electron chi connectivity index (χ0n) is 21.5. The second-order valence-corrected chi connectivity index (χ2v) is 10.1. The smallest absolute Gasteiger partial charge is 0.235 e. The largest absolute Gasteiger partial charge is 0.464 e. The van der Waals surface area contributed by atoms with Crippen molar-refractivity contribution >= 4 is 22.8 Å². The molecule has 2 amide bonds. The van der Waals surface area contributed by atoms with Gasteiger partial charge in [-0.25, -0.2) is 0 Å². The number of aromatic nitrogens is 2. The summed E-state index contributed by atoms with van der Waals surface area (Å²) in [6, 6.07) is 9.80. The molecule has 2 aromatic heterocycles. The van der Waals surface area contributed by atoms with E-state index in [1.807, 2.05) is 49.2 Å². The molecular formula is C27H38N4O3. The van der Waals surface area contributed by atoms with Crippen LogP contribution < -0.4 is 0 Å². The first-order valence-corrected chi connectivity index (χ1v) is 12.1. The molecule has 0 bridgehead atoms. The monoisotopic (exact) mass is 466 g/mol. The summed E-state index contributed by atoms with van der Waals surface area (Å²) in [5, 5.41) is 5.53. The maximum atomic E-state index is 13.7. The van der Waals surface area contributed by atoms with Gasteiger partial charge in [-0.05, 0) is 55.5 Å². The minimum atomic E-state index is -0.764. The van der Waals surface area contributed by atoms with Gasteiger partial charge in [0.1, 0.15) is 11.5 Å². The third kappa shape index (κ3) is 6.27. The van der Waals surface area contributed by atoms with E-state index in [9.17, 15) is 9.59 Å². The summed E-state index contributed by atoms with van der Waals surface area (Å²) in [4.78, 5) is 30.7. The Bertz CT molecular complexity index is 1100. The number of amides is 2. The summed E-state index contributed by atoms with van der Waals surface area (Å²) in [5.41, 5.74) is 3.62. The summed E-state index contributed by atoms with van der Waals surface area (Å²) in [6.07, 6.45) is 1.66. The first-order valence-electron chi connectivity index (χ1n) is 12.1.